The number of nitrogens with zero attached hydrogens (tertiary/aromatic N) is 2. The van der Waals surface area contributed by atoms with Crippen LogP contribution < -0.4 is 0 Å². The van der Waals surface area contributed by atoms with E-state index in [2.05, 4.69) is 34.2 Å². The molecule has 0 amide bonds. The normalized spacial score (nSPS) is 17.9. The molecule has 0 radical (unpaired) electrons. The predicted molar refractivity (Wildman–Crippen MR) is 79.1 cm³/mol. The number of hydrogen-bond donors (Lipinski definition) is 0. The van der Waals surface area contributed by atoms with E-state index in [1.807, 2.05) is 13.0 Å². The summed E-state index contributed by atoms with van der Waals surface area (Å²) in [5.41, 5.74) is 1.96. The summed E-state index contributed by atoms with van der Waals surface area (Å²) in [6, 6.07) is 12.2. The SMILES string of the molecule is Cc1cc(Cl)nc(C2(c3ccccc3)CCOCC2)n1. The van der Waals surface area contributed by atoms with Crippen LogP contribution in [0.5, 0.6) is 0 Å². The van der Waals surface area contributed by atoms with Gasteiger partial charge >= 0.3 is 0 Å². The molecule has 3 rings (SSSR count). The summed E-state index contributed by atoms with van der Waals surface area (Å²) >= 11 is 6.14. The Morgan fingerprint density at radius 2 is 1.80 bits per heavy atom. The third kappa shape index (κ3) is 2.43. The first-order valence-corrected chi connectivity index (χ1v) is 7.23. The van der Waals surface area contributed by atoms with Gasteiger partial charge in [-0.25, -0.2) is 9.97 Å². The van der Waals surface area contributed by atoms with Gasteiger partial charge in [0.2, 0.25) is 0 Å². The number of rotatable bonds is 2. The van der Waals surface area contributed by atoms with E-state index in [0.717, 1.165) is 37.6 Å². The smallest absolute Gasteiger partial charge is 0.141 e. The van der Waals surface area contributed by atoms with Crippen molar-refractivity contribution >= 4 is 11.6 Å². The summed E-state index contributed by atoms with van der Waals surface area (Å²) in [5.74, 6) is 0.817. The molecule has 3 nitrogen and oxygen atoms in total. The van der Waals surface area contributed by atoms with Crippen LogP contribution in [0.3, 0.4) is 0 Å². The number of halogens is 1. The monoisotopic (exact) mass is 288 g/mol. The summed E-state index contributed by atoms with van der Waals surface area (Å²) in [7, 11) is 0. The second-order valence-electron chi connectivity index (χ2n) is 5.22. The van der Waals surface area contributed by atoms with E-state index < -0.39 is 0 Å². The van der Waals surface area contributed by atoms with Crippen molar-refractivity contribution in [2.45, 2.75) is 25.2 Å². The fourth-order valence-electron chi connectivity index (χ4n) is 2.86. The van der Waals surface area contributed by atoms with Crippen molar-refractivity contribution in [1.82, 2.24) is 9.97 Å². The maximum Gasteiger partial charge on any atom is 0.141 e. The molecule has 2 aromatic rings. The second kappa shape index (κ2) is 5.51. The highest BCUT2D eigenvalue weighted by atomic mass is 35.5. The van der Waals surface area contributed by atoms with Gasteiger partial charge in [0, 0.05) is 18.9 Å². The van der Waals surface area contributed by atoms with Gasteiger partial charge in [0.1, 0.15) is 11.0 Å². The van der Waals surface area contributed by atoms with Crippen molar-refractivity contribution in [2.75, 3.05) is 13.2 Å². The van der Waals surface area contributed by atoms with E-state index in [4.69, 9.17) is 16.3 Å². The maximum absolute atomic E-state index is 6.14. The van der Waals surface area contributed by atoms with Crippen molar-refractivity contribution in [1.29, 1.82) is 0 Å². The zero-order valence-corrected chi connectivity index (χ0v) is 12.2. The van der Waals surface area contributed by atoms with Crippen LogP contribution in [-0.4, -0.2) is 23.2 Å². The molecule has 1 aromatic heterocycles. The van der Waals surface area contributed by atoms with E-state index >= 15 is 0 Å². The minimum Gasteiger partial charge on any atom is -0.381 e. The van der Waals surface area contributed by atoms with Crippen molar-refractivity contribution in [3.05, 3.63) is 58.6 Å². The molecule has 4 heteroatoms. The van der Waals surface area contributed by atoms with Crippen LogP contribution in [-0.2, 0) is 10.2 Å². The molecular weight excluding hydrogens is 272 g/mol. The van der Waals surface area contributed by atoms with Crippen LogP contribution >= 0.6 is 11.6 Å². The molecular formula is C16H17ClN2O. The van der Waals surface area contributed by atoms with Gasteiger partial charge in [0.15, 0.2) is 0 Å². The molecule has 0 N–H and O–H groups in total. The summed E-state index contributed by atoms with van der Waals surface area (Å²) in [5, 5.41) is 0.509. The first-order chi connectivity index (χ1) is 9.71. The van der Waals surface area contributed by atoms with Crippen LogP contribution in [0.25, 0.3) is 0 Å². The van der Waals surface area contributed by atoms with E-state index in [1.54, 1.807) is 6.07 Å². The Bertz CT molecular complexity index is 574. The van der Waals surface area contributed by atoms with Gasteiger partial charge in [0.05, 0.1) is 5.41 Å². The Kier molecular flexibility index (Phi) is 3.72. The Labute approximate surface area is 124 Å². The molecule has 1 saturated heterocycles. The Balaban J connectivity index is 2.15. The molecule has 0 saturated carbocycles. The fraction of sp³-hybridized carbons (Fsp3) is 0.375. The summed E-state index contributed by atoms with van der Waals surface area (Å²) in [6.07, 6.45) is 1.77. The van der Waals surface area contributed by atoms with Gasteiger partial charge < -0.3 is 4.74 Å². The van der Waals surface area contributed by atoms with Gasteiger partial charge in [-0.1, -0.05) is 41.9 Å². The molecule has 1 aliphatic rings. The molecule has 0 aliphatic carbocycles. The molecule has 0 unspecified atom stereocenters. The van der Waals surface area contributed by atoms with Crippen LogP contribution in [0.15, 0.2) is 36.4 Å². The standard InChI is InChI=1S/C16H17ClN2O/c1-12-11-14(17)19-15(18-12)16(7-9-20-10-8-16)13-5-3-2-4-6-13/h2-6,11H,7-10H2,1H3. The third-order valence-corrected chi connectivity index (χ3v) is 4.12. The lowest BCUT2D eigenvalue weighted by molar-refractivity contribution is 0.0604. The molecule has 0 spiro atoms. The molecule has 104 valence electrons. The van der Waals surface area contributed by atoms with Crippen molar-refractivity contribution in [3.63, 3.8) is 0 Å². The van der Waals surface area contributed by atoms with Crippen LogP contribution in [0.4, 0.5) is 0 Å². The summed E-state index contributed by atoms with van der Waals surface area (Å²) in [6.45, 7) is 3.41. The highest BCUT2D eigenvalue weighted by Crippen LogP contribution is 2.39. The van der Waals surface area contributed by atoms with E-state index in [-0.39, 0.29) is 5.41 Å². The average molecular weight is 289 g/mol. The van der Waals surface area contributed by atoms with Crippen molar-refractivity contribution in [3.8, 4) is 0 Å². The lowest BCUT2D eigenvalue weighted by atomic mass is 9.73. The molecule has 2 heterocycles. The lowest BCUT2D eigenvalue weighted by Crippen LogP contribution is -2.37. The fourth-order valence-corrected chi connectivity index (χ4v) is 3.10. The number of aryl methyl sites for hydroxylation is 1. The van der Waals surface area contributed by atoms with Gasteiger partial charge in [-0.15, -0.1) is 0 Å². The Morgan fingerprint density at radius 1 is 1.10 bits per heavy atom. The quantitative estimate of drug-likeness (QED) is 0.793. The number of ether oxygens (including phenoxy) is 1. The summed E-state index contributed by atoms with van der Waals surface area (Å²) in [4.78, 5) is 9.16. The number of benzene rings is 1. The minimum absolute atomic E-state index is 0.185. The highest BCUT2D eigenvalue weighted by molar-refractivity contribution is 6.29. The van der Waals surface area contributed by atoms with Gasteiger partial charge in [-0.3, -0.25) is 0 Å². The minimum atomic E-state index is -0.185. The second-order valence-corrected chi connectivity index (χ2v) is 5.60. The Morgan fingerprint density at radius 3 is 2.45 bits per heavy atom. The van der Waals surface area contributed by atoms with Crippen LogP contribution in [0.1, 0.15) is 29.9 Å². The molecule has 1 fully saturated rings. The topological polar surface area (TPSA) is 35.0 Å². The zero-order chi connectivity index (χ0) is 14.0. The number of hydrogen-bond acceptors (Lipinski definition) is 3. The van der Waals surface area contributed by atoms with Gasteiger partial charge in [-0.2, -0.15) is 0 Å². The molecule has 20 heavy (non-hydrogen) atoms. The maximum atomic E-state index is 6.14. The Hall–Kier alpha value is -1.45. The zero-order valence-electron chi connectivity index (χ0n) is 11.5. The molecule has 0 atom stereocenters. The van der Waals surface area contributed by atoms with Crippen LogP contribution in [0, 0.1) is 6.92 Å². The van der Waals surface area contributed by atoms with Gasteiger partial charge in [0.25, 0.3) is 0 Å². The highest BCUT2D eigenvalue weighted by Gasteiger charge is 2.39. The molecule has 1 aromatic carbocycles. The third-order valence-electron chi connectivity index (χ3n) is 3.92. The van der Waals surface area contributed by atoms with E-state index in [9.17, 15) is 0 Å². The lowest BCUT2D eigenvalue weighted by Gasteiger charge is -2.36. The van der Waals surface area contributed by atoms with Crippen LogP contribution in [0.2, 0.25) is 5.15 Å². The van der Waals surface area contributed by atoms with E-state index in [1.165, 1.54) is 5.56 Å². The van der Waals surface area contributed by atoms with Crippen molar-refractivity contribution < 1.29 is 4.74 Å². The van der Waals surface area contributed by atoms with Gasteiger partial charge in [-0.05, 0) is 31.4 Å². The molecule has 1 aliphatic heterocycles. The molecule has 0 bridgehead atoms. The predicted octanol–water partition coefficient (Wildman–Crippen LogP) is 3.53. The first kappa shape index (κ1) is 13.5. The largest absolute Gasteiger partial charge is 0.381 e. The van der Waals surface area contributed by atoms with Crippen molar-refractivity contribution in [2.24, 2.45) is 0 Å². The first-order valence-electron chi connectivity index (χ1n) is 6.86. The number of aromatic nitrogens is 2. The van der Waals surface area contributed by atoms with E-state index in [0.29, 0.717) is 5.15 Å². The summed E-state index contributed by atoms with van der Waals surface area (Å²) < 4.78 is 5.54. The average Bonchev–Trinajstić information content (AvgIpc) is 2.48.